The Morgan fingerprint density at radius 1 is 1.20 bits per heavy atom. The van der Waals surface area contributed by atoms with Crippen molar-refractivity contribution in [1.82, 2.24) is 5.32 Å². The lowest BCUT2D eigenvalue weighted by atomic mass is 9.95. The fraction of sp³-hybridized carbons (Fsp3) is 0.562. The molecule has 2 aliphatic heterocycles. The van der Waals surface area contributed by atoms with E-state index in [0.717, 1.165) is 0 Å². The first-order valence-electron chi connectivity index (χ1n) is 8.35. The number of para-hydroxylation sites is 2. The SMILES string of the molecule is O=C(NC1CCS(=O)(=O)C1)C1CCN(c2ccccc2[N+](=O)[O-])CC1. The first-order valence-corrected chi connectivity index (χ1v) is 10.2. The molecule has 0 spiro atoms. The smallest absolute Gasteiger partial charge is 0.292 e. The number of hydrogen-bond donors (Lipinski definition) is 1. The second-order valence-corrected chi connectivity index (χ2v) is 8.84. The van der Waals surface area contributed by atoms with Gasteiger partial charge in [0.1, 0.15) is 5.69 Å². The van der Waals surface area contributed by atoms with Crippen molar-refractivity contribution in [2.24, 2.45) is 5.92 Å². The Morgan fingerprint density at radius 2 is 1.88 bits per heavy atom. The molecule has 2 aliphatic rings. The monoisotopic (exact) mass is 367 g/mol. The largest absolute Gasteiger partial charge is 0.366 e. The molecule has 1 atom stereocenters. The van der Waals surface area contributed by atoms with Crippen molar-refractivity contribution in [3.63, 3.8) is 0 Å². The molecule has 2 heterocycles. The molecule has 0 radical (unpaired) electrons. The van der Waals surface area contributed by atoms with Gasteiger partial charge in [-0.1, -0.05) is 12.1 Å². The fourth-order valence-electron chi connectivity index (χ4n) is 3.50. The molecule has 1 aromatic carbocycles. The van der Waals surface area contributed by atoms with Crippen molar-refractivity contribution in [2.45, 2.75) is 25.3 Å². The van der Waals surface area contributed by atoms with Crippen LogP contribution in [0.3, 0.4) is 0 Å². The minimum absolute atomic E-state index is 0.0216. The van der Waals surface area contributed by atoms with E-state index < -0.39 is 14.8 Å². The van der Waals surface area contributed by atoms with Gasteiger partial charge in [0, 0.05) is 31.1 Å². The van der Waals surface area contributed by atoms with Gasteiger partial charge >= 0.3 is 0 Å². The Balaban J connectivity index is 1.57. The quantitative estimate of drug-likeness (QED) is 0.631. The predicted octanol–water partition coefficient (Wildman–Crippen LogP) is 1.11. The zero-order valence-electron chi connectivity index (χ0n) is 13.8. The average Bonchev–Trinajstić information content (AvgIpc) is 2.93. The molecule has 0 saturated carbocycles. The van der Waals surface area contributed by atoms with Gasteiger partial charge < -0.3 is 10.2 Å². The van der Waals surface area contributed by atoms with Crippen molar-refractivity contribution in [1.29, 1.82) is 0 Å². The Bertz CT molecular complexity index is 772. The third-order valence-electron chi connectivity index (χ3n) is 4.86. The number of anilines is 1. The molecule has 8 nitrogen and oxygen atoms in total. The summed E-state index contributed by atoms with van der Waals surface area (Å²) >= 11 is 0. The molecule has 3 rings (SSSR count). The van der Waals surface area contributed by atoms with Crippen LogP contribution in [0.2, 0.25) is 0 Å². The summed E-state index contributed by atoms with van der Waals surface area (Å²) in [5.74, 6) is -0.131. The Morgan fingerprint density at radius 3 is 2.48 bits per heavy atom. The number of benzene rings is 1. The number of nitro groups is 1. The summed E-state index contributed by atoms with van der Waals surface area (Å²) in [7, 11) is -3.02. The fourth-order valence-corrected chi connectivity index (χ4v) is 5.17. The Hall–Kier alpha value is -2.16. The molecule has 2 fully saturated rings. The first kappa shape index (κ1) is 17.7. The highest BCUT2D eigenvalue weighted by Gasteiger charge is 2.32. The third kappa shape index (κ3) is 4.09. The highest BCUT2D eigenvalue weighted by molar-refractivity contribution is 7.91. The molecule has 0 aliphatic carbocycles. The van der Waals surface area contributed by atoms with Crippen molar-refractivity contribution < 1.29 is 18.1 Å². The second-order valence-electron chi connectivity index (χ2n) is 6.62. The van der Waals surface area contributed by atoms with E-state index >= 15 is 0 Å². The molecule has 2 saturated heterocycles. The standard InChI is InChI=1S/C16H21N3O5S/c20-16(17-13-7-10-25(23,24)11-13)12-5-8-18(9-6-12)14-3-1-2-4-15(14)19(21)22/h1-4,12-13H,5-11H2,(H,17,20). The molecule has 9 heteroatoms. The van der Waals surface area contributed by atoms with Crippen LogP contribution in [0.5, 0.6) is 0 Å². The van der Waals surface area contributed by atoms with Crippen LogP contribution in [0.1, 0.15) is 19.3 Å². The van der Waals surface area contributed by atoms with Crippen molar-refractivity contribution in [3.05, 3.63) is 34.4 Å². The number of nitrogens with zero attached hydrogens (tertiary/aromatic N) is 2. The van der Waals surface area contributed by atoms with Crippen LogP contribution in [-0.4, -0.2) is 49.9 Å². The Kier molecular flexibility index (Phi) is 4.94. The molecule has 1 N–H and O–H groups in total. The van der Waals surface area contributed by atoms with E-state index in [2.05, 4.69) is 5.32 Å². The van der Waals surface area contributed by atoms with Gasteiger partial charge in [-0.3, -0.25) is 14.9 Å². The van der Waals surface area contributed by atoms with Crippen molar-refractivity contribution in [2.75, 3.05) is 29.5 Å². The molecule has 1 aromatic rings. The molecule has 136 valence electrons. The molecule has 0 aromatic heterocycles. The summed E-state index contributed by atoms with van der Waals surface area (Å²) in [6.45, 7) is 1.12. The van der Waals surface area contributed by atoms with Gasteiger partial charge in [-0.2, -0.15) is 0 Å². The number of nitro benzene ring substituents is 1. The summed E-state index contributed by atoms with van der Waals surface area (Å²) in [6, 6.07) is 6.32. The summed E-state index contributed by atoms with van der Waals surface area (Å²) < 4.78 is 22.9. The minimum Gasteiger partial charge on any atom is -0.366 e. The summed E-state index contributed by atoms with van der Waals surface area (Å²) in [5, 5.41) is 14.0. The topological polar surface area (TPSA) is 110 Å². The van der Waals surface area contributed by atoms with Gasteiger partial charge in [0.05, 0.1) is 16.4 Å². The number of sulfone groups is 1. The number of carbonyl (C=O) groups is 1. The molecular weight excluding hydrogens is 346 g/mol. The lowest BCUT2D eigenvalue weighted by Gasteiger charge is -2.33. The summed E-state index contributed by atoms with van der Waals surface area (Å²) in [4.78, 5) is 25.0. The molecule has 25 heavy (non-hydrogen) atoms. The molecule has 1 amide bonds. The zero-order valence-corrected chi connectivity index (χ0v) is 14.6. The van der Waals surface area contributed by atoms with Crippen LogP contribution in [0.4, 0.5) is 11.4 Å². The van der Waals surface area contributed by atoms with E-state index in [9.17, 15) is 23.3 Å². The minimum atomic E-state index is -3.02. The van der Waals surface area contributed by atoms with Crippen LogP contribution in [0, 0.1) is 16.0 Å². The maximum atomic E-state index is 12.4. The van der Waals surface area contributed by atoms with E-state index in [1.165, 1.54) is 6.07 Å². The number of hydrogen-bond acceptors (Lipinski definition) is 6. The number of amides is 1. The normalized spacial score (nSPS) is 23.4. The molecular formula is C16H21N3O5S. The number of rotatable bonds is 4. The van der Waals surface area contributed by atoms with Gasteiger partial charge in [0.15, 0.2) is 9.84 Å². The average molecular weight is 367 g/mol. The summed E-state index contributed by atoms with van der Waals surface area (Å²) in [6.07, 6.45) is 1.66. The van der Waals surface area contributed by atoms with Crippen LogP contribution in [0.25, 0.3) is 0 Å². The van der Waals surface area contributed by atoms with Gasteiger partial charge in [0.25, 0.3) is 5.69 Å². The highest BCUT2D eigenvalue weighted by Crippen LogP contribution is 2.31. The summed E-state index contributed by atoms with van der Waals surface area (Å²) in [5.41, 5.74) is 0.648. The van der Waals surface area contributed by atoms with Gasteiger partial charge in [-0.05, 0) is 25.3 Å². The maximum Gasteiger partial charge on any atom is 0.292 e. The van der Waals surface area contributed by atoms with E-state index in [1.54, 1.807) is 18.2 Å². The number of carbonyl (C=O) groups excluding carboxylic acids is 1. The first-order chi connectivity index (χ1) is 11.9. The third-order valence-corrected chi connectivity index (χ3v) is 6.63. The second kappa shape index (κ2) is 6.99. The zero-order chi connectivity index (χ0) is 18.0. The predicted molar refractivity (Wildman–Crippen MR) is 93.2 cm³/mol. The van der Waals surface area contributed by atoms with Crippen LogP contribution < -0.4 is 10.2 Å². The molecule has 1 unspecified atom stereocenters. The van der Waals surface area contributed by atoms with Crippen LogP contribution in [0.15, 0.2) is 24.3 Å². The van der Waals surface area contributed by atoms with E-state index in [0.29, 0.717) is 38.0 Å². The van der Waals surface area contributed by atoms with Gasteiger partial charge in [0.2, 0.25) is 5.91 Å². The van der Waals surface area contributed by atoms with E-state index in [-0.39, 0.29) is 35.1 Å². The van der Waals surface area contributed by atoms with Crippen LogP contribution >= 0.6 is 0 Å². The molecule has 0 bridgehead atoms. The van der Waals surface area contributed by atoms with Crippen LogP contribution in [-0.2, 0) is 14.6 Å². The highest BCUT2D eigenvalue weighted by atomic mass is 32.2. The lowest BCUT2D eigenvalue weighted by molar-refractivity contribution is -0.384. The number of nitrogens with one attached hydrogen (secondary N) is 1. The maximum absolute atomic E-state index is 12.4. The Labute approximate surface area is 146 Å². The van der Waals surface area contributed by atoms with Crippen molar-refractivity contribution in [3.8, 4) is 0 Å². The lowest BCUT2D eigenvalue weighted by Crippen LogP contribution is -2.44. The van der Waals surface area contributed by atoms with Gasteiger partial charge in [-0.25, -0.2) is 8.42 Å². The van der Waals surface area contributed by atoms with Crippen molar-refractivity contribution >= 4 is 27.1 Å². The number of piperidine rings is 1. The van der Waals surface area contributed by atoms with E-state index in [1.807, 2.05) is 4.90 Å². The van der Waals surface area contributed by atoms with Gasteiger partial charge in [-0.15, -0.1) is 0 Å². The van der Waals surface area contributed by atoms with E-state index in [4.69, 9.17) is 0 Å².